The number of aromatic nitrogens is 2. The highest BCUT2D eigenvalue weighted by molar-refractivity contribution is 6.04. The molecule has 0 saturated carbocycles. The molecule has 0 saturated heterocycles. The maximum Gasteiger partial charge on any atom is 0.323 e. The lowest BCUT2D eigenvalue weighted by molar-refractivity contribution is -0.137. The Morgan fingerprint density at radius 3 is 2.58 bits per heavy atom. The molecule has 0 unspecified atom stereocenters. The number of carboxylic acid groups (broad SMARTS) is 1. The number of hydrogen-bond acceptors (Lipinski definition) is 4. The first-order chi connectivity index (χ1) is 12.5. The molecule has 7 nitrogen and oxygen atoms in total. The van der Waals surface area contributed by atoms with E-state index in [-0.39, 0.29) is 5.91 Å². The third kappa shape index (κ3) is 4.02. The van der Waals surface area contributed by atoms with Crippen LogP contribution in [0.2, 0.25) is 0 Å². The fraction of sp³-hybridized carbons (Fsp3) is 0.0526. The van der Waals surface area contributed by atoms with Gasteiger partial charge in [-0.25, -0.2) is 0 Å². The predicted octanol–water partition coefficient (Wildman–Crippen LogP) is 2.25. The molecule has 0 aliphatic carbocycles. The zero-order chi connectivity index (χ0) is 18.5. The van der Waals surface area contributed by atoms with Gasteiger partial charge in [-0.15, -0.1) is 0 Å². The topological polar surface area (TPSA) is 101 Å². The summed E-state index contributed by atoms with van der Waals surface area (Å²) in [5.41, 5.74) is 1.82. The Bertz CT molecular complexity index is 1010. The molecule has 7 heteroatoms. The van der Waals surface area contributed by atoms with Crippen LogP contribution < -0.4 is 10.9 Å². The highest BCUT2D eigenvalue weighted by Gasteiger charge is 2.10. The molecule has 3 rings (SSSR count). The molecule has 0 spiro atoms. The highest BCUT2D eigenvalue weighted by atomic mass is 16.4. The largest absolute Gasteiger partial charge is 0.480 e. The average molecular weight is 349 g/mol. The standard InChI is InChI=1S/C19H15N3O4/c23-17-7-6-15(11-22(17)12-18(24)25)21-19(26)14-8-9-20-16(10-14)13-4-2-1-3-5-13/h1-11H,12H2,(H,21,26)(H,24,25). The molecule has 130 valence electrons. The van der Waals surface area contributed by atoms with Crippen LogP contribution in [0.3, 0.4) is 0 Å². The molecule has 1 amide bonds. The number of aliphatic carboxylic acids is 1. The van der Waals surface area contributed by atoms with E-state index in [1.54, 1.807) is 18.3 Å². The van der Waals surface area contributed by atoms with E-state index in [1.807, 2.05) is 30.3 Å². The number of anilines is 1. The Morgan fingerprint density at radius 2 is 1.85 bits per heavy atom. The Hall–Kier alpha value is -3.74. The van der Waals surface area contributed by atoms with Crippen molar-refractivity contribution in [3.05, 3.63) is 82.9 Å². The lowest BCUT2D eigenvalue weighted by atomic mass is 10.1. The van der Waals surface area contributed by atoms with Crippen molar-refractivity contribution in [1.82, 2.24) is 9.55 Å². The van der Waals surface area contributed by atoms with Crippen molar-refractivity contribution in [1.29, 1.82) is 0 Å². The number of hydrogen-bond donors (Lipinski definition) is 2. The number of carboxylic acids is 1. The summed E-state index contributed by atoms with van der Waals surface area (Å²) < 4.78 is 1.01. The summed E-state index contributed by atoms with van der Waals surface area (Å²) >= 11 is 0. The van der Waals surface area contributed by atoms with Gasteiger partial charge in [-0.2, -0.15) is 0 Å². The van der Waals surface area contributed by atoms with Crippen LogP contribution in [-0.2, 0) is 11.3 Å². The van der Waals surface area contributed by atoms with Gasteiger partial charge in [0.25, 0.3) is 11.5 Å². The van der Waals surface area contributed by atoms with E-state index in [1.165, 1.54) is 18.3 Å². The van der Waals surface area contributed by atoms with E-state index in [4.69, 9.17) is 5.11 Å². The van der Waals surface area contributed by atoms with E-state index in [2.05, 4.69) is 10.3 Å². The molecule has 0 radical (unpaired) electrons. The zero-order valence-electron chi connectivity index (χ0n) is 13.6. The summed E-state index contributed by atoms with van der Waals surface area (Å²) in [6, 6.07) is 15.3. The third-order valence-corrected chi connectivity index (χ3v) is 3.64. The van der Waals surface area contributed by atoms with Gasteiger partial charge in [-0.1, -0.05) is 30.3 Å². The zero-order valence-corrected chi connectivity index (χ0v) is 13.6. The van der Waals surface area contributed by atoms with E-state index in [9.17, 15) is 14.4 Å². The van der Waals surface area contributed by atoms with Gasteiger partial charge in [0.1, 0.15) is 6.54 Å². The van der Waals surface area contributed by atoms with Gasteiger partial charge in [-0.05, 0) is 18.2 Å². The SMILES string of the molecule is O=C(O)Cn1cc(NC(=O)c2ccnc(-c3ccccc3)c2)ccc1=O. The van der Waals surface area contributed by atoms with Gasteiger partial charge in [0.05, 0.1) is 11.4 Å². The maximum absolute atomic E-state index is 12.5. The number of amides is 1. The van der Waals surface area contributed by atoms with E-state index in [0.717, 1.165) is 10.1 Å². The molecule has 0 aliphatic rings. The van der Waals surface area contributed by atoms with Gasteiger partial charge < -0.3 is 15.0 Å². The molecule has 0 bridgehead atoms. The first-order valence-electron chi connectivity index (χ1n) is 7.78. The van der Waals surface area contributed by atoms with Gasteiger partial charge >= 0.3 is 5.97 Å². The number of nitrogens with one attached hydrogen (secondary N) is 1. The molecule has 0 atom stereocenters. The third-order valence-electron chi connectivity index (χ3n) is 3.64. The van der Waals surface area contributed by atoms with Crippen LogP contribution in [0.15, 0.2) is 71.8 Å². The minimum atomic E-state index is -1.14. The Morgan fingerprint density at radius 1 is 1.08 bits per heavy atom. The second-order valence-corrected chi connectivity index (χ2v) is 5.53. The van der Waals surface area contributed by atoms with Crippen molar-refractivity contribution in [3.8, 4) is 11.3 Å². The second-order valence-electron chi connectivity index (χ2n) is 5.53. The first-order valence-corrected chi connectivity index (χ1v) is 7.78. The first kappa shape index (κ1) is 17.1. The molecule has 2 aromatic heterocycles. The van der Waals surface area contributed by atoms with Crippen molar-refractivity contribution in [2.75, 3.05) is 5.32 Å². The van der Waals surface area contributed by atoms with Crippen molar-refractivity contribution >= 4 is 17.6 Å². The lowest BCUT2D eigenvalue weighted by Gasteiger charge is -2.09. The van der Waals surface area contributed by atoms with Gasteiger partial charge in [-0.3, -0.25) is 19.4 Å². The number of carbonyl (C=O) groups is 2. The molecular formula is C19H15N3O4. The summed E-state index contributed by atoms with van der Waals surface area (Å²) in [5.74, 6) is -1.53. The quantitative estimate of drug-likeness (QED) is 0.736. The number of carbonyl (C=O) groups excluding carboxylic acids is 1. The fourth-order valence-corrected chi connectivity index (χ4v) is 2.42. The van der Waals surface area contributed by atoms with Crippen LogP contribution in [0.1, 0.15) is 10.4 Å². The fourth-order valence-electron chi connectivity index (χ4n) is 2.42. The molecule has 2 heterocycles. The van der Waals surface area contributed by atoms with Crippen LogP contribution in [0.25, 0.3) is 11.3 Å². The predicted molar refractivity (Wildman–Crippen MR) is 96.0 cm³/mol. The summed E-state index contributed by atoms with van der Waals surface area (Å²) in [6.07, 6.45) is 2.84. The molecule has 3 aromatic rings. The minimum Gasteiger partial charge on any atom is -0.480 e. The van der Waals surface area contributed by atoms with E-state index >= 15 is 0 Å². The van der Waals surface area contributed by atoms with Crippen LogP contribution in [-0.4, -0.2) is 26.5 Å². The average Bonchev–Trinajstić information content (AvgIpc) is 2.65. The van der Waals surface area contributed by atoms with Gasteiger partial charge in [0.15, 0.2) is 0 Å². The van der Waals surface area contributed by atoms with Crippen molar-refractivity contribution < 1.29 is 14.7 Å². The normalized spacial score (nSPS) is 10.3. The number of nitrogens with zero attached hydrogens (tertiary/aromatic N) is 2. The lowest BCUT2D eigenvalue weighted by Crippen LogP contribution is -2.24. The summed E-state index contributed by atoms with van der Waals surface area (Å²) in [5, 5.41) is 11.5. The molecule has 26 heavy (non-hydrogen) atoms. The number of rotatable bonds is 5. The van der Waals surface area contributed by atoms with Gasteiger partial charge in [0.2, 0.25) is 0 Å². The van der Waals surface area contributed by atoms with Crippen molar-refractivity contribution in [2.45, 2.75) is 6.54 Å². The van der Waals surface area contributed by atoms with E-state index in [0.29, 0.717) is 16.9 Å². The Kier molecular flexibility index (Phi) is 4.89. The van der Waals surface area contributed by atoms with Crippen LogP contribution in [0.5, 0.6) is 0 Å². The maximum atomic E-state index is 12.5. The van der Waals surface area contributed by atoms with Crippen LogP contribution >= 0.6 is 0 Å². The highest BCUT2D eigenvalue weighted by Crippen LogP contribution is 2.18. The summed E-state index contributed by atoms with van der Waals surface area (Å²) in [7, 11) is 0. The van der Waals surface area contributed by atoms with E-state index < -0.39 is 18.1 Å². The summed E-state index contributed by atoms with van der Waals surface area (Å²) in [6.45, 7) is -0.476. The number of benzene rings is 1. The van der Waals surface area contributed by atoms with Crippen molar-refractivity contribution in [2.24, 2.45) is 0 Å². The smallest absolute Gasteiger partial charge is 0.323 e. The van der Waals surface area contributed by atoms with Crippen LogP contribution in [0, 0.1) is 0 Å². The molecular weight excluding hydrogens is 334 g/mol. The molecule has 0 fully saturated rings. The summed E-state index contributed by atoms with van der Waals surface area (Å²) in [4.78, 5) is 39.2. The molecule has 2 N–H and O–H groups in total. The number of pyridine rings is 2. The minimum absolute atomic E-state index is 0.328. The Balaban J connectivity index is 1.83. The molecule has 0 aliphatic heterocycles. The van der Waals surface area contributed by atoms with Gasteiger partial charge in [0, 0.05) is 29.6 Å². The monoisotopic (exact) mass is 349 g/mol. The molecule has 1 aromatic carbocycles. The second kappa shape index (κ2) is 7.43. The van der Waals surface area contributed by atoms with Crippen molar-refractivity contribution in [3.63, 3.8) is 0 Å². The Labute approximate surface area is 148 Å². The van der Waals surface area contributed by atoms with Crippen LogP contribution in [0.4, 0.5) is 5.69 Å².